The number of aliphatic hydroxyl groups is 1. The van der Waals surface area contributed by atoms with E-state index < -0.39 is 12.1 Å². The maximum atomic E-state index is 11.4. The third-order valence-electron chi connectivity index (χ3n) is 4.19. The van der Waals surface area contributed by atoms with Gasteiger partial charge in [0, 0.05) is 12.5 Å². The molecule has 0 aromatic carbocycles. The van der Waals surface area contributed by atoms with E-state index in [1.807, 2.05) is 0 Å². The Bertz CT molecular complexity index is 265. The van der Waals surface area contributed by atoms with Crippen LogP contribution >= 0.6 is 0 Å². The third-order valence-corrected chi connectivity index (χ3v) is 4.19. The first-order chi connectivity index (χ1) is 8.17. The lowest BCUT2D eigenvalue weighted by molar-refractivity contribution is -0.165. The first-order valence-electron chi connectivity index (χ1n) is 6.57. The molecule has 4 nitrogen and oxygen atoms in total. The molecule has 1 saturated carbocycles. The van der Waals surface area contributed by atoms with E-state index in [1.165, 1.54) is 26.4 Å². The van der Waals surface area contributed by atoms with Crippen LogP contribution in [0.1, 0.15) is 44.9 Å². The van der Waals surface area contributed by atoms with Crippen LogP contribution in [-0.4, -0.2) is 36.5 Å². The highest BCUT2D eigenvalue weighted by Gasteiger charge is 2.42. The van der Waals surface area contributed by atoms with Gasteiger partial charge in [-0.15, -0.1) is 0 Å². The van der Waals surface area contributed by atoms with E-state index in [1.54, 1.807) is 0 Å². The minimum Gasteiger partial charge on any atom is -0.467 e. The van der Waals surface area contributed by atoms with Crippen molar-refractivity contribution in [2.45, 2.75) is 56.7 Å². The van der Waals surface area contributed by atoms with Gasteiger partial charge in [0.05, 0.1) is 12.7 Å². The molecule has 1 saturated heterocycles. The van der Waals surface area contributed by atoms with Crippen molar-refractivity contribution in [2.24, 2.45) is 5.92 Å². The van der Waals surface area contributed by atoms with Crippen molar-refractivity contribution in [1.29, 1.82) is 0 Å². The lowest BCUT2D eigenvalue weighted by Crippen LogP contribution is -2.46. The summed E-state index contributed by atoms with van der Waals surface area (Å²) in [5.74, 6) is -0.517. The Morgan fingerprint density at radius 2 is 2.12 bits per heavy atom. The quantitative estimate of drug-likeness (QED) is 0.748. The zero-order valence-electron chi connectivity index (χ0n) is 10.5. The van der Waals surface area contributed by atoms with E-state index in [4.69, 9.17) is 4.74 Å². The molecular weight excluding hydrogens is 220 g/mol. The molecule has 1 heterocycles. The molecule has 2 atom stereocenters. The Kier molecular flexibility index (Phi) is 4.05. The Hall–Kier alpha value is -0.610. The van der Waals surface area contributed by atoms with Crippen LogP contribution < -0.4 is 0 Å². The van der Waals surface area contributed by atoms with E-state index in [-0.39, 0.29) is 11.5 Å². The summed E-state index contributed by atoms with van der Waals surface area (Å²) in [7, 11) is 1.32. The zero-order valence-corrected chi connectivity index (χ0v) is 10.5. The van der Waals surface area contributed by atoms with Gasteiger partial charge < -0.3 is 14.6 Å². The second-order valence-electron chi connectivity index (χ2n) is 5.31. The van der Waals surface area contributed by atoms with Gasteiger partial charge in [-0.1, -0.05) is 19.3 Å². The highest BCUT2D eigenvalue weighted by molar-refractivity contribution is 5.74. The first-order valence-corrected chi connectivity index (χ1v) is 6.57. The summed E-state index contributed by atoms with van der Waals surface area (Å²) in [5.41, 5.74) is -0.0732. The number of carbonyl (C=O) groups is 1. The molecule has 1 N–H and O–H groups in total. The monoisotopic (exact) mass is 242 g/mol. The number of rotatable bonds is 2. The maximum absolute atomic E-state index is 11.4. The lowest BCUT2D eigenvalue weighted by Gasteiger charge is -2.44. The van der Waals surface area contributed by atoms with Gasteiger partial charge in [0.1, 0.15) is 0 Å². The van der Waals surface area contributed by atoms with Crippen LogP contribution in [0.25, 0.3) is 0 Å². The number of esters is 1. The minimum absolute atomic E-state index is 0.00528. The average Bonchev–Trinajstić information content (AvgIpc) is 2.38. The van der Waals surface area contributed by atoms with Gasteiger partial charge in [0.25, 0.3) is 0 Å². The molecule has 1 aliphatic carbocycles. The highest BCUT2D eigenvalue weighted by atomic mass is 16.5. The van der Waals surface area contributed by atoms with E-state index in [0.29, 0.717) is 6.61 Å². The van der Waals surface area contributed by atoms with E-state index in [0.717, 1.165) is 25.7 Å². The van der Waals surface area contributed by atoms with Crippen LogP contribution in [-0.2, 0) is 14.3 Å². The fourth-order valence-electron chi connectivity index (χ4n) is 3.19. The predicted molar refractivity (Wildman–Crippen MR) is 62.5 cm³/mol. The number of hydrogen-bond donors (Lipinski definition) is 1. The summed E-state index contributed by atoms with van der Waals surface area (Å²) in [4.78, 5) is 11.4. The second kappa shape index (κ2) is 5.36. The van der Waals surface area contributed by atoms with Crippen molar-refractivity contribution in [3.05, 3.63) is 0 Å². The van der Waals surface area contributed by atoms with Gasteiger partial charge >= 0.3 is 5.97 Å². The van der Waals surface area contributed by atoms with Crippen molar-refractivity contribution in [3.63, 3.8) is 0 Å². The largest absolute Gasteiger partial charge is 0.467 e. The van der Waals surface area contributed by atoms with Crippen molar-refractivity contribution in [3.8, 4) is 0 Å². The smallest absolute Gasteiger partial charge is 0.334 e. The summed E-state index contributed by atoms with van der Waals surface area (Å²) < 4.78 is 10.5. The molecule has 1 aliphatic heterocycles. The number of ether oxygens (including phenoxy) is 2. The molecule has 2 fully saturated rings. The summed E-state index contributed by atoms with van der Waals surface area (Å²) in [6, 6.07) is 0. The van der Waals surface area contributed by atoms with Crippen molar-refractivity contribution < 1.29 is 19.4 Å². The summed E-state index contributed by atoms with van der Waals surface area (Å²) in [6.07, 6.45) is 6.36. The predicted octanol–water partition coefficient (Wildman–Crippen LogP) is 1.65. The van der Waals surface area contributed by atoms with Crippen LogP contribution in [0.15, 0.2) is 0 Å². The molecular formula is C13H22O4. The fourth-order valence-corrected chi connectivity index (χ4v) is 3.19. The molecule has 17 heavy (non-hydrogen) atoms. The third kappa shape index (κ3) is 2.80. The minimum atomic E-state index is -0.984. The molecule has 1 spiro atoms. The average molecular weight is 242 g/mol. The van der Waals surface area contributed by atoms with Crippen LogP contribution in [0.4, 0.5) is 0 Å². The second-order valence-corrected chi connectivity index (χ2v) is 5.31. The molecule has 0 aromatic rings. The van der Waals surface area contributed by atoms with Gasteiger partial charge in [0.15, 0.2) is 6.10 Å². The number of methoxy groups -OCH3 is 1. The zero-order chi connectivity index (χ0) is 12.3. The van der Waals surface area contributed by atoms with E-state index in [9.17, 15) is 9.90 Å². The number of hydrogen-bond acceptors (Lipinski definition) is 4. The molecule has 0 aromatic heterocycles. The molecule has 0 radical (unpaired) electrons. The molecule has 98 valence electrons. The molecule has 0 amide bonds. The van der Waals surface area contributed by atoms with Crippen molar-refractivity contribution in [2.75, 3.05) is 13.7 Å². The lowest BCUT2D eigenvalue weighted by atomic mass is 9.74. The summed E-state index contributed by atoms with van der Waals surface area (Å²) in [6.45, 7) is 0.652. The summed E-state index contributed by atoms with van der Waals surface area (Å²) >= 11 is 0. The molecule has 0 bridgehead atoms. The van der Waals surface area contributed by atoms with Crippen molar-refractivity contribution in [1.82, 2.24) is 0 Å². The Labute approximate surface area is 102 Å². The first kappa shape index (κ1) is 12.8. The Balaban J connectivity index is 1.98. The Morgan fingerprint density at radius 3 is 2.76 bits per heavy atom. The number of aliphatic hydroxyl groups excluding tert-OH is 1. The number of carbonyl (C=O) groups excluding carboxylic acids is 1. The topological polar surface area (TPSA) is 55.8 Å². The normalized spacial score (nSPS) is 29.9. The molecule has 4 heteroatoms. The standard InChI is InChI=1S/C13H22O4/c1-16-12(15)11(14)10-5-8-17-13(9-10)6-3-2-4-7-13/h10-11,14H,2-9H2,1H3. The van der Waals surface area contributed by atoms with Gasteiger partial charge in [-0.2, -0.15) is 0 Å². The van der Waals surface area contributed by atoms with Gasteiger partial charge in [-0.05, 0) is 25.7 Å². The van der Waals surface area contributed by atoms with Gasteiger partial charge in [-0.3, -0.25) is 0 Å². The maximum Gasteiger partial charge on any atom is 0.334 e. The van der Waals surface area contributed by atoms with Crippen LogP contribution in [0.2, 0.25) is 0 Å². The van der Waals surface area contributed by atoms with Crippen molar-refractivity contribution >= 4 is 5.97 Å². The highest BCUT2D eigenvalue weighted by Crippen LogP contribution is 2.41. The SMILES string of the molecule is COC(=O)C(O)C1CCOC2(CCCCC2)C1. The van der Waals surface area contributed by atoms with Gasteiger partial charge in [-0.25, -0.2) is 4.79 Å². The van der Waals surface area contributed by atoms with Crippen LogP contribution in [0.3, 0.4) is 0 Å². The van der Waals surface area contributed by atoms with E-state index in [2.05, 4.69) is 4.74 Å². The molecule has 2 rings (SSSR count). The summed E-state index contributed by atoms with van der Waals surface area (Å²) in [5, 5.41) is 9.93. The molecule has 2 unspecified atom stereocenters. The van der Waals surface area contributed by atoms with Crippen LogP contribution in [0.5, 0.6) is 0 Å². The van der Waals surface area contributed by atoms with Crippen LogP contribution in [0, 0.1) is 5.92 Å². The van der Waals surface area contributed by atoms with Gasteiger partial charge in [0.2, 0.25) is 0 Å². The van der Waals surface area contributed by atoms with E-state index >= 15 is 0 Å². The molecule has 2 aliphatic rings. The Morgan fingerprint density at radius 1 is 1.41 bits per heavy atom. The fraction of sp³-hybridized carbons (Fsp3) is 0.923.